The van der Waals surface area contributed by atoms with Crippen LogP contribution in [-0.4, -0.2) is 79.8 Å². The first-order chi connectivity index (χ1) is 12.5. The predicted octanol–water partition coefficient (Wildman–Crippen LogP) is 1.20. The Morgan fingerprint density at radius 3 is 2.46 bits per heavy atom. The van der Waals surface area contributed by atoms with Crippen LogP contribution in [0.25, 0.3) is 0 Å². The number of alkyl halides is 1. The normalized spacial score (nSPS) is 27.5. The fourth-order valence-corrected chi connectivity index (χ4v) is 3.97. The minimum Gasteiger partial charge on any atom is -0.381 e. The summed E-state index contributed by atoms with van der Waals surface area (Å²) in [7, 11) is 0. The summed E-state index contributed by atoms with van der Waals surface area (Å²) in [6.45, 7) is 6.55. The SMILES string of the molecule is CC1CCN(C(=O)CN2CCC(F)(CNC(=O)C3CCOC3)CC2)CC1. The number of hydrogen-bond acceptors (Lipinski definition) is 4. The van der Waals surface area contributed by atoms with Crippen LogP contribution in [0, 0.1) is 11.8 Å². The highest BCUT2D eigenvalue weighted by atomic mass is 19.1. The van der Waals surface area contributed by atoms with Crippen molar-refractivity contribution in [2.24, 2.45) is 11.8 Å². The van der Waals surface area contributed by atoms with Gasteiger partial charge < -0.3 is 15.0 Å². The Hall–Kier alpha value is -1.21. The van der Waals surface area contributed by atoms with Crippen LogP contribution in [-0.2, 0) is 14.3 Å². The maximum absolute atomic E-state index is 15.0. The van der Waals surface area contributed by atoms with Gasteiger partial charge in [-0.1, -0.05) is 6.92 Å². The van der Waals surface area contributed by atoms with Crippen molar-refractivity contribution in [3.05, 3.63) is 0 Å². The average Bonchev–Trinajstić information content (AvgIpc) is 3.17. The number of halogens is 1. The van der Waals surface area contributed by atoms with Gasteiger partial charge in [0, 0.05) is 32.8 Å². The van der Waals surface area contributed by atoms with Crippen molar-refractivity contribution in [1.29, 1.82) is 0 Å². The van der Waals surface area contributed by atoms with Gasteiger partial charge in [0.2, 0.25) is 11.8 Å². The van der Waals surface area contributed by atoms with Gasteiger partial charge in [0.1, 0.15) is 5.67 Å². The summed E-state index contributed by atoms with van der Waals surface area (Å²) in [6, 6.07) is 0. The fourth-order valence-electron chi connectivity index (χ4n) is 3.97. The molecular weight excluding hydrogens is 337 g/mol. The van der Waals surface area contributed by atoms with Crippen LogP contribution in [0.1, 0.15) is 39.0 Å². The maximum atomic E-state index is 15.0. The van der Waals surface area contributed by atoms with E-state index in [1.54, 1.807) is 0 Å². The van der Waals surface area contributed by atoms with Gasteiger partial charge in [-0.15, -0.1) is 0 Å². The number of piperidine rings is 2. The molecule has 1 atom stereocenters. The molecule has 3 fully saturated rings. The zero-order chi connectivity index (χ0) is 18.6. The highest BCUT2D eigenvalue weighted by Gasteiger charge is 2.36. The summed E-state index contributed by atoms with van der Waals surface area (Å²) < 4.78 is 20.2. The molecule has 26 heavy (non-hydrogen) atoms. The standard InChI is InChI=1S/C19H32FN3O3/c1-15-2-7-23(8-3-15)17(24)12-22-9-5-19(20,6-10-22)14-21-18(25)16-4-11-26-13-16/h15-16H,2-14H2,1H3,(H,21,25). The second-order valence-corrected chi connectivity index (χ2v) is 8.27. The van der Waals surface area contributed by atoms with Gasteiger partial charge in [-0.2, -0.15) is 0 Å². The van der Waals surface area contributed by atoms with E-state index in [0.717, 1.165) is 32.4 Å². The van der Waals surface area contributed by atoms with E-state index < -0.39 is 5.67 Å². The smallest absolute Gasteiger partial charge is 0.236 e. The molecule has 7 heteroatoms. The highest BCUT2D eigenvalue weighted by molar-refractivity contribution is 5.79. The number of carbonyl (C=O) groups is 2. The second-order valence-electron chi connectivity index (χ2n) is 8.27. The van der Waals surface area contributed by atoms with Crippen molar-refractivity contribution in [2.75, 3.05) is 52.5 Å². The van der Waals surface area contributed by atoms with Gasteiger partial charge in [-0.3, -0.25) is 14.5 Å². The number of ether oxygens (including phenoxy) is 1. The van der Waals surface area contributed by atoms with Crippen LogP contribution in [0.5, 0.6) is 0 Å². The van der Waals surface area contributed by atoms with Crippen LogP contribution in [0.15, 0.2) is 0 Å². The molecule has 6 nitrogen and oxygen atoms in total. The summed E-state index contributed by atoms with van der Waals surface area (Å²) in [5, 5.41) is 2.76. The lowest BCUT2D eigenvalue weighted by Crippen LogP contribution is -2.51. The largest absolute Gasteiger partial charge is 0.381 e. The third kappa shape index (κ3) is 5.16. The number of nitrogens with one attached hydrogen (secondary N) is 1. The van der Waals surface area contributed by atoms with Crippen molar-refractivity contribution >= 4 is 11.8 Å². The van der Waals surface area contributed by atoms with E-state index in [0.29, 0.717) is 51.6 Å². The Balaban J connectivity index is 1.37. The van der Waals surface area contributed by atoms with E-state index in [2.05, 4.69) is 12.2 Å². The molecule has 3 saturated heterocycles. The Morgan fingerprint density at radius 2 is 1.85 bits per heavy atom. The van der Waals surface area contributed by atoms with Crippen LogP contribution in [0.4, 0.5) is 4.39 Å². The Labute approximate surface area is 155 Å². The molecule has 0 spiro atoms. The van der Waals surface area contributed by atoms with Crippen LogP contribution >= 0.6 is 0 Å². The molecule has 148 valence electrons. The lowest BCUT2D eigenvalue weighted by molar-refractivity contribution is -0.134. The monoisotopic (exact) mass is 369 g/mol. The van der Waals surface area contributed by atoms with Crippen molar-refractivity contribution in [1.82, 2.24) is 15.1 Å². The van der Waals surface area contributed by atoms with Gasteiger partial charge in [0.15, 0.2) is 0 Å². The number of rotatable bonds is 5. The number of carbonyl (C=O) groups excluding carboxylic acids is 2. The molecule has 1 N–H and O–H groups in total. The molecule has 0 aromatic rings. The Bertz CT molecular complexity index is 494. The number of likely N-dealkylation sites (tertiary alicyclic amines) is 2. The summed E-state index contributed by atoms with van der Waals surface area (Å²) in [5.41, 5.74) is -1.37. The summed E-state index contributed by atoms with van der Waals surface area (Å²) in [6.07, 6.45) is 3.59. The van der Waals surface area contributed by atoms with Gasteiger partial charge >= 0.3 is 0 Å². The molecule has 0 radical (unpaired) electrons. The van der Waals surface area contributed by atoms with Crippen molar-refractivity contribution in [3.63, 3.8) is 0 Å². The summed E-state index contributed by atoms with van der Waals surface area (Å²) in [4.78, 5) is 28.4. The van der Waals surface area contributed by atoms with Gasteiger partial charge in [-0.25, -0.2) is 4.39 Å². The number of hydrogen-bond donors (Lipinski definition) is 1. The first kappa shape index (κ1) is 19.5. The molecule has 3 aliphatic rings. The maximum Gasteiger partial charge on any atom is 0.236 e. The number of amides is 2. The minimum absolute atomic E-state index is 0.0636. The number of nitrogens with zero attached hydrogens (tertiary/aromatic N) is 2. The molecular formula is C19H32FN3O3. The van der Waals surface area contributed by atoms with Crippen LogP contribution in [0.2, 0.25) is 0 Å². The van der Waals surface area contributed by atoms with Gasteiger partial charge in [0.25, 0.3) is 0 Å². The van der Waals surface area contributed by atoms with E-state index in [9.17, 15) is 14.0 Å². The molecule has 0 aromatic heterocycles. The quantitative estimate of drug-likeness (QED) is 0.791. The third-order valence-electron chi connectivity index (χ3n) is 6.13. The molecule has 0 aromatic carbocycles. The van der Waals surface area contributed by atoms with E-state index in [4.69, 9.17) is 4.74 Å². The zero-order valence-electron chi connectivity index (χ0n) is 15.8. The van der Waals surface area contributed by atoms with Crippen LogP contribution in [0.3, 0.4) is 0 Å². The van der Waals surface area contributed by atoms with E-state index in [-0.39, 0.29) is 24.3 Å². The van der Waals surface area contributed by atoms with Crippen molar-refractivity contribution in [2.45, 2.75) is 44.7 Å². The van der Waals surface area contributed by atoms with Crippen molar-refractivity contribution in [3.8, 4) is 0 Å². The molecule has 0 aliphatic carbocycles. The van der Waals surface area contributed by atoms with Gasteiger partial charge in [-0.05, 0) is 38.0 Å². The zero-order valence-corrected chi connectivity index (χ0v) is 15.8. The second kappa shape index (κ2) is 8.65. The Kier molecular flexibility index (Phi) is 6.51. The third-order valence-corrected chi connectivity index (χ3v) is 6.13. The lowest BCUT2D eigenvalue weighted by Gasteiger charge is -2.38. The fraction of sp³-hybridized carbons (Fsp3) is 0.895. The molecule has 3 heterocycles. The molecule has 2 amide bonds. The minimum atomic E-state index is -1.37. The molecule has 3 aliphatic heterocycles. The summed E-state index contributed by atoms with van der Waals surface area (Å²) >= 11 is 0. The first-order valence-electron chi connectivity index (χ1n) is 10.00. The molecule has 1 unspecified atom stereocenters. The molecule has 0 bridgehead atoms. The van der Waals surface area contributed by atoms with E-state index >= 15 is 0 Å². The summed E-state index contributed by atoms with van der Waals surface area (Å²) in [5.74, 6) is 0.630. The van der Waals surface area contributed by atoms with E-state index in [1.807, 2.05) is 9.80 Å². The molecule has 0 saturated carbocycles. The lowest BCUT2D eigenvalue weighted by atomic mass is 9.92. The first-order valence-corrected chi connectivity index (χ1v) is 10.00. The van der Waals surface area contributed by atoms with Crippen LogP contribution < -0.4 is 5.32 Å². The predicted molar refractivity (Wildman–Crippen MR) is 96.4 cm³/mol. The van der Waals surface area contributed by atoms with E-state index in [1.165, 1.54) is 0 Å². The molecule has 3 rings (SSSR count). The Morgan fingerprint density at radius 1 is 1.15 bits per heavy atom. The average molecular weight is 369 g/mol. The highest BCUT2D eigenvalue weighted by Crippen LogP contribution is 2.26. The van der Waals surface area contributed by atoms with Crippen molar-refractivity contribution < 1.29 is 18.7 Å². The van der Waals surface area contributed by atoms with Gasteiger partial charge in [0.05, 0.1) is 25.6 Å². The topological polar surface area (TPSA) is 61.9 Å².